The van der Waals surface area contributed by atoms with Crippen LogP contribution in [0.4, 0.5) is 0 Å². The van der Waals surface area contributed by atoms with Crippen LogP contribution >= 0.6 is 24.8 Å². The van der Waals surface area contributed by atoms with Gasteiger partial charge in [0.2, 0.25) is 0 Å². The summed E-state index contributed by atoms with van der Waals surface area (Å²) >= 11 is 0. The molecule has 2 unspecified atom stereocenters. The summed E-state index contributed by atoms with van der Waals surface area (Å²) in [5.74, 6) is -0.0671. The molecule has 1 aromatic rings. The van der Waals surface area contributed by atoms with E-state index in [-0.39, 0.29) is 36.8 Å². The van der Waals surface area contributed by atoms with E-state index < -0.39 is 0 Å². The van der Waals surface area contributed by atoms with Gasteiger partial charge in [-0.15, -0.1) is 29.9 Å². The molecule has 7 nitrogen and oxygen atoms in total. The van der Waals surface area contributed by atoms with Crippen molar-refractivity contribution in [2.45, 2.75) is 70.1 Å². The maximum atomic E-state index is 12.7. The standard InChI is InChI=1S/C17H28N6O.2ClH/c1-11-9-13(10-22(11)14-3-4-14)19-17(24)16-12(2)23(21-20-16)15-5-7-18-8-6-15;;/h11,13-15,18H,3-10H2,1-2H3,(H,19,24);2*1H. The van der Waals surface area contributed by atoms with Crippen molar-refractivity contribution in [1.29, 1.82) is 0 Å². The monoisotopic (exact) mass is 404 g/mol. The first-order valence-corrected chi connectivity index (χ1v) is 9.32. The van der Waals surface area contributed by atoms with Crippen molar-refractivity contribution in [3.63, 3.8) is 0 Å². The number of hydrogen-bond donors (Lipinski definition) is 2. The number of carbonyl (C=O) groups excluding carboxylic acids is 1. The van der Waals surface area contributed by atoms with Gasteiger partial charge in [0, 0.05) is 24.7 Å². The predicted molar refractivity (Wildman–Crippen MR) is 105 cm³/mol. The first-order chi connectivity index (χ1) is 11.6. The fraction of sp³-hybridized carbons (Fsp3) is 0.824. The number of piperidine rings is 1. The number of aromatic nitrogens is 3. The Kier molecular flexibility index (Phi) is 7.30. The van der Waals surface area contributed by atoms with E-state index in [1.807, 2.05) is 11.6 Å². The molecule has 2 saturated heterocycles. The molecule has 1 amide bonds. The van der Waals surface area contributed by atoms with Crippen LogP contribution in [-0.2, 0) is 0 Å². The topological polar surface area (TPSA) is 75.1 Å². The molecule has 9 heteroatoms. The second-order valence-corrected chi connectivity index (χ2v) is 7.63. The summed E-state index contributed by atoms with van der Waals surface area (Å²) in [5, 5.41) is 15.0. The van der Waals surface area contributed by atoms with Gasteiger partial charge < -0.3 is 10.6 Å². The maximum Gasteiger partial charge on any atom is 0.274 e. The van der Waals surface area contributed by atoms with Crippen molar-refractivity contribution in [1.82, 2.24) is 30.5 Å². The highest BCUT2D eigenvalue weighted by Gasteiger charge is 2.39. The Labute approximate surface area is 167 Å². The van der Waals surface area contributed by atoms with Gasteiger partial charge in [-0.25, -0.2) is 4.68 Å². The van der Waals surface area contributed by atoms with E-state index in [0.29, 0.717) is 17.8 Å². The van der Waals surface area contributed by atoms with Crippen molar-refractivity contribution >= 4 is 30.7 Å². The smallest absolute Gasteiger partial charge is 0.274 e. The highest BCUT2D eigenvalue weighted by molar-refractivity contribution is 5.93. The van der Waals surface area contributed by atoms with Gasteiger partial charge in [-0.1, -0.05) is 5.21 Å². The third-order valence-electron chi connectivity index (χ3n) is 5.77. The van der Waals surface area contributed by atoms with E-state index in [1.165, 1.54) is 12.8 Å². The van der Waals surface area contributed by atoms with E-state index in [2.05, 4.69) is 32.8 Å². The summed E-state index contributed by atoms with van der Waals surface area (Å²) in [6.07, 6.45) is 5.75. The fourth-order valence-corrected chi connectivity index (χ4v) is 4.28. The zero-order valence-electron chi connectivity index (χ0n) is 15.5. The lowest BCUT2D eigenvalue weighted by Crippen LogP contribution is -2.38. The normalized spacial score (nSPS) is 26.8. The van der Waals surface area contributed by atoms with Gasteiger partial charge in [-0.2, -0.15) is 0 Å². The number of hydrogen-bond acceptors (Lipinski definition) is 5. The number of rotatable bonds is 4. The molecule has 1 saturated carbocycles. The van der Waals surface area contributed by atoms with E-state index in [9.17, 15) is 4.79 Å². The molecule has 2 atom stereocenters. The van der Waals surface area contributed by atoms with Crippen LogP contribution in [0.1, 0.15) is 61.3 Å². The van der Waals surface area contributed by atoms with Crippen LogP contribution in [0.25, 0.3) is 0 Å². The molecule has 0 radical (unpaired) electrons. The molecule has 0 aromatic carbocycles. The van der Waals surface area contributed by atoms with E-state index in [4.69, 9.17) is 0 Å². The second-order valence-electron chi connectivity index (χ2n) is 7.63. The molecular weight excluding hydrogens is 375 g/mol. The van der Waals surface area contributed by atoms with Gasteiger partial charge in [0.15, 0.2) is 5.69 Å². The summed E-state index contributed by atoms with van der Waals surface area (Å²) in [6, 6.07) is 1.91. The lowest BCUT2D eigenvalue weighted by molar-refractivity contribution is 0.0931. The number of halogens is 2. The van der Waals surface area contributed by atoms with Crippen molar-refractivity contribution in [2.24, 2.45) is 0 Å². The van der Waals surface area contributed by atoms with E-state index >= 15 is 0 Å². The third kappa shape index (κ3) is 4.32. The Morgan fingerprint density at radius 1 is 1.15 bits per heavy atom. The first kappa shape index (κ1) is 21.4. The first-order valence-electron chi connectivity index (χ1n) is 9.32. The Morgan fingerprint density at radius 2 is 1.85 bits per heavy atom. The highest BCUT2D eigenvalue weighted by atomic mass is 35.5. The van der Waals surface area contributed by atoms with Crippen molar-refractivity contribution in [2.75, 3.05) is 19.6 Å². The maximum absolute atomic E-state index is 12.7. The molecule has 2 aliphatic heterocycles. The molecule has 2 N–H and O–H groups in total. The van der Waals surface area contributed by atoms with Gasteiger partial charge >= 0.3 is 0 Å². The minimum absolute atomic E-state index is 0. The molecule has 1 aliphatic carbocycles. The summed E-state index contributed by atoms with van der Waals surface area (Å²) in [7, 11) is 0. The molecular formula is C17H30Cl2N6O. The summed E-state index contributed by atoms with van der Waals surface area (Å²) in [6.45, 7) is 7.21. The predicted octanol–water partition coefficient (Wildman–Crippen LogP) is 1.71. The summed E-state index contributed by atoms with van der Waals surface area (Å²) in [5.41, 5.74) is 1.38. The molecule has 148 valence electrons. The Balaban J connectivity index is 0.00000121. The van der Waals surface area contributed by atoms with Gasteiger partial charge in [-0.3, -0.25) is 9.69 Å². The van der Waals surface area contributed by atoms with Crippen LogP contribution in [0, 0.1) is 6.92 Å². The number of amides is 1. The van der Waals surface area contributed by atoms with Crippen LogP contribution < -0.4 is 10.6 Å². The van der Waals surface area contributed by atoms with Crippen molar-refractivity contribution in [3.8, 4) is 0 Å². The Morgan fingerprint density at radius 3 is 2.50 bits per heavy atom. The molecule has 0 spiro atoms. The minimum Gasteiger partial charge on any atom is -0.346 e. The number of likely N-dealkylation sites (tertiary alicyclic amines) is 1. The molecule has 26 heavy (non-hydrogen) atoms. The molecule has 1 aromatic heterocycles. The van der Waals surface area contributed by atoms with E-state index in [1.54, 1.807) is 0 Å². The third-order valence-corrected chi connectivity index (χ3v) is 5.77. The summed E-state index contributed by atoms with van der Waals surface area (Å²) in [4.78, 5) is 15.2. The van der Waals surface area contributed by atoms with Crippen LogP contribution in [-0.4, -0.2) is 63.6 Å². The molecule has 3 heterocycles. The second kappa shape index (κ2) is 8.87. The molecule has 3 fully saturated rings. The Hall–Kier alpha value is -0.890. The number of nitrogens with one attached hydrogen (secondary N) is 2. The largest absolute Gasteiger partial charge is 0.346 e. The van der Waals surface area contributed by atoms with Crippen molar-refractivity contribution in [3.05, 3.63) is 11.4 Å². The average Bonchev–Trinajstić information content (AvgIpc) is 3.25. The lowest BCUT2D eigenvalue weighted by atomic mass is 10.1. The van der Waals surface area contributed by atoms with Gasteiger partial charge in [0.25, 0.3) is 5.91 Å². The zero-order chi connectivity index (χ0) is 16.7. The number of nitrogens with zero attached hydrogens (tertiary/aromatic N) is 4. The lowest BCUT2D eigenvalue weighted by Gasteiger charge is -2.23. The quantitative estimate of drug-likeness (QED) is 0.798. The molecule has 0 bridgehead atoms. The highest BCUT2D eigenvalue weighted by Crippen LogP contribution is 2.33. The van der Waals surface area contributed by atoms with Crippen LogP contribution in [0.5, 0.6) is 0 Å². The zero-order valence-corrected chi connectivity index (χ0v) is 17.1. The fourth-order valence-electron chi connectivity index (χ4n) is 4.28. The number of carbonyl (C=O) groups is 1. The van der Waals surface area contributed by atoms with Crippen LogP contribution in [0.2, 0.25) is 0 Å². The average molecular weight is 405 g/mol. The molecule has 4 rings (SSSR count). The van der Waals surface area contributed by atoms with Gasteiger partial charge in [0.05, 0.1) is 11.7 Å². The molecule has 3 aliphatic rings. The summed E-state index contributed by atoms with van der Waals surface area (Å²) < 4.78 is 1.95. The SMILES string of the molecule is Cc1c(C(=O)NC2CC(C)N(C3CC3)C2)nnn1C1CCNCC1.Cl.Cl. The van der Waals surface area contributed by atoms with Gasteiger partial charge in [0.1, 0.15) is 0 Å². The Bertz CT molecular complexity index is 614. The van der Waals surface area contributed by atoms with Crippen LogP contribution in [0.3, 0.4) is 0 Å². The van der Waals surface area contributed by atoms with Crippen molar-refractivity contribution < 1.29 is 4.79 Å². The van der Waals surface area contributed by atoms with Gasteiger partial charge in [-0.05, 0) is 59.0 Å². The van der Waals surface area contributed by atoms with Crippen LogP contribution in [0.15, 0.2) is 0 Å². The van der Waals surface area contributed by atoms with E-state index in [0.717, 1.165) is 50.6 Å². The minimum atomic E-state index is -0.0671.